The Morgan fingerprint density at radius 2 is 1.33 bits per heavy atom. The smallest absolute Gasteiger partial charge is 0.264 e. The molecule has 0 unspecified atom stereocenters. The maximum atomic E-state index is 10.3. The van der Waals surface area contributed by atoms with E-state index in [0.717, 1.165) is 0 Å². The second kappa shape index (κ2) is 6.41. The van der Waals surface area contributed by atoms with Crippen LogP contribution in [0, 0.1) is 6.42 Å². The molecule has 0 atom stereocenters. The largest absolute Gasteiger partial charge is 0.286 e. The molecule has 0 aliphatic heterocycles. The van der Waals surface area contributed by atoms with Crippen molar-refractivity contribution in [3.63, 3.8) is 0 Å². The van der Waals surface area contributed by atoms with Crippen LogP contribution in [0.15, 0.2) is 0 Å². The van der Waals surface area contributed by atoms with Crippen molar-refractivity contribution >= 4 is 20.2 Å². The fourth-order valence-electron chi connectivity index (χ4n) is 0.950. The Balaban J connectivity index is 3.34. The van der Waals surface area contributed by atoms with E-state index in [2.05, 4.69) is 0 Å². The lowest BCUT2D eigenvalue weighted by Crippen LogP contribution is -2.04. The Morgan fingerprint density at radius 1 is 0.800 bits per heavy atom. The van der Waals surface area contributed by atoms with Crippen LogP contribution in [0.5, 0.6) is 0 Å². The molecular weight excluding hydrogens is 244 g/mol. The molecule has 0 spiro atoms. The van der Waals surface area contributed by atoms with E-state index >= 15 is 0 Å². The molecule has 15 heavy (non-hydrogen) atoms. The normalized spacial score (nSPS) is 12.9. The minimum absolute atomic E-state index is 0.241. The molecule has 2 N–H and O–H groups in total. The molecule has 0 bridgehead atoms. The number of unbranched alkanes of at least 4 members (excludes halogenated alkanes) is 4. The minimum atomic E-state index is -3.91. The van der Waals surface area contributed by atoms with E-state index in [0.29, 0.717) is 19.3 Å². The van der Waals surface area contributed by atoms with E-state index in [1.165, 1.54) is 0 Å². The number of hydrogen-bond donors (Lipinski definition) is 2. The summed E-state index contributed by atoms with van der Waals surface area (Å²) in [4.78, 5) is 0. The number of hydrogen-bond acceptors (Lipinski definition) is 4. The Morgan fingerprint density at radius 3 is 1.80 bits per heavy atom. The first-order chi connectivity index (χ1) is 6.71. The van der Waals surface area contributed by atoms with Gasteiger partial charge in [-0.15, -0.1) is 0 Å². The first kappa shape index (κ1) is 14.8. The van der Waals surface area contributed by atoms with E-state index < -0.39 is 20.2 Å². The first-order valence-electron chi connectivity index (χ1n) is 4.43. The minimum Gasteiger partial charge on any atom is -0.286 e. The molecule has 0 aliphatic rings. The third-order valence-electron chi connectivity index (χ3n) is 1.64. The van der Waals surface area contributed by atoms with Crippen LogP contribution in [0.1, 0.15) is 25.7 Å². The summed E-state index contributed by atoms with van der Waals surface area (Å²) < 4.78 is 57.9. The molecular formula is C7H15O6S2. The lowest BCUT2D eigenvalue weighted by atomic mass is 10.2. The third-order valence-corrected chi connectivity index (χ3v) is 3.20. The van der Waals surface area contributed by atoms with Gasteiger partial charge in [0.15, 0.2) is 0 Å². The van der Waals surface area contributed by atoms with Crippen LogP contribution in [0.2, 0.25) is 0 Å². The maximum Gasteiger partial charge on any atom is 0.264 e. The van der Waals surface area contributed by atoms with Crippen LogP contribution in [0.3, 0.4) is 0 Å². The molecule has 0 rings (SSSR count). The lowest BCUT2D eigenvalue weighted by molar-refractivity contribution is 0.479. The van der Waals surface area contributed by atoms with Crippen molar-refractivity contribution in [3.8, 4) is 0 Å². The van der Waals surface area contributed by atoms with Gasteiger partial charge in [0.25, 0.3) is 20.2 Å². The highest BCUT2D eigenvalue weighted by Crippen LogP contribution is 2.04. The van der Waals surface area contributed by atoms with Crippen molar-refractivity contribution in [2.75, 3.05) is 11.5 Å². The van der Waals surface area contributed by atoms with Crippen LogP contribution in [0.25, 0.3) is 0 Å². The van der Waals surface area contributed by atoms with Gasteiger partial charge in [0.2, 0.25) is 0 Å². The molecule has 0 fully saturated rings. The van der Waals surface area contributed by atoms with Crippen LogP contribution in [0.4, 0.5) is 0 Å². The van der Waals surface area contributed by atoms with Gasteiger partial charge in [-0.25, -0.2) is 0 Å². The summed E-state index contributed by atoms with van der Waals surface area (Å²) in [6.07, 6.45) is 3.36. The SMILES string of the molecule is O=S(=O)(O)CC[CH]CCCCS(=O)(=O)O. The second-order valence-electron chi connectivity index (χ2n) is 3.15. The van der Waals surface area contributed by atoms with E-state index in [9.17, 15) is 16.8 Å². The zero-order chi connectivity index (χ0) is 11.9. The Bertz CT molecular complexity index is 319. The molecule has 0 aromatic heterocycles. The van der Waals surface area contributed by atoms with Crippen molar-refractivity contribution in [1.29, 1.82) is 0 Å². The molecule has 1 radical (unpaired) electrons. The molecule has 0 saturated heterocycles. The molecule has 0 aromatic carbocycles. The van der Waals surface area contributed by atoms with E-state index in [1.54, 1.807) is 6.42 Å². The van der Waals surface area contributed by atoms with Crippen LogP contribution in [-0.2, 0) is 20.2 Å². The predicted octanol–water partition coefficient (Wildman–Crippen LogP) is 0.527. The first-order valence-corrected chi connectivity index (χ1v) is 7.64. The van der Waals surface area contributed by atoms with Crippen molar-refractivity contribution in [2.24, 2.45) is 0 Å². The van der Waals surface area contributed by atoms with Crippen LogP contribution >= 0.6 is 0 Å². The summed E-state index contributed by atoms with van der Waals surface area (Å²) in [5.74, 6) is -0.593. The average Bonchev–Trinajstić information content (AvgIpc) is 1.98. The van der Waals surface area contributed by atoms with Gasteiger partial charge in [-0.3, -0.25) is 9.11 Å². The lowest BCUT2D eigenvalue weighted by Gasteiger charge is -1.99. The summed E-state index contributed by atoms with van der Waals surface area (Å²) >= 11 is 0. The number of rotatable bonds is 8. The molecule has 0 aliphatic carbocycles. The molecule has 91 valence electrons. The fourth-order valence-corrected chi connectivity index (χ4v) is 1.98. The van der Waals surface area contributed by atoms with Crippen molar-refractivity contribution in [1.82, 2.24) is 0 Å². The Labute approximate surface area is 90.2 Å². The second-order valence-corrected chi connectivity index (χ2v) is 6.29. The van der Waals surface area contributed by atoms with Gasteiger partial charge in [0.05, 0.1) is 11.5 Å². The van der Waals surface area contributed by atoms with Gasteiger partial charge in [-0.2, -0.15) is 16.8 Å². The zero-order valence-electron chi connectivity index (χ0n) is 8.16. The highest BCUT2D eigenvalue weighted by Gasteiger charge is 2.05. The van der Waals surface area contributed by atoms with Gasteiger partial charge >= 0.3 is 0 Å². The van der Waals surface area contributed by atoms with Crippen LogP contribution in [-0.4, -0.2) is 37.4 Å². The van der Waals surface area contributed by atoms with Crippen molar-refractivity contribution < 1.29 is 25.9 Å². The van der Waals surface area contributed by atoms with Crippen molar-refractivity contribution in [2.45, 2.75) is 25.7 Å². The van der Waals surface area contributed by atoms with Gasteiger partial charge in [-0.1, -0.05) is 12.8 Å². The van der Waals surface area contributed by atoms with Gasteiger partial charge < -0.3 is 0 Å². The molecule has 0 aromatic rings. The van der Waals surface area contributed by atoms with Gasteiger partial charge in [0, 0.05) is 0 Å². The van der Waals surface area contributed by atoms with Gasteiger partial charge in [0.1, 0.15) is 0 Å². The third kappa shape index (κ3) is 13.8. The molecule has 0 heterocycles. The van der Waals surface area contributed by atoms with E-state index in [4.69, 9.17) is 9.11 Å². The highest BCUT2D eigenvalue weighted by molar-refractivity contribution is 7.86. The highest BCUT2D eigenvalue weighted by atomic mass is 32.2. The summed E-state index contributed by atoms with van der Waals surface area (Å²) in [7, 11) is -7.80. The van der Waals surface area contributed by atoms with E-state index in [1.807, 2.05) is 0 Å². The topological polar surface area (TPSA) is 109 Å². The summed E-state index contributed by atoms with van der Waals surface area (Å²) in [5.41, 5.74) is 0. The summed E-state index contributed by atoms with van der Waals surface area (Å²) in [5, 5.41) is 0. The standard InChI is InChI=1S/C7H15O6S2/c8-14(9,10)6-4-2-1-3-5-7-15(11,12)13/h2H,1,3-7H2,(H,8,9,10)(H,11,12,13). The average molecular weight is 259 g/mol. The quantitative estimate of drug-likeness (QED) is 0.486. The summed E-state index contributed by atoms with van der Waals surface area (Å²) in [6, 6.07) is 0. The van der Waals surface area contributed by atoms with Crippen LogP contribution < -0.4 is 0 Å². The fraction of sp³-hybridized carbons (Fsp3) is 0.857. The molecule has 0 saturated carbocycles. The van der Waals surface area contributed by atoms with E-state index in [-0.39, 0.29) is 17.9 Å². The summed E-state index contributed by atoms with van der Waals surface area (Å²) in [6.45, 7) is 0. The zero-order valence-corrected chi connectivity index (χ0v) is 9.80. The molecule has 8 heteroatoms. The monoisotopic (exact) mass is 259 g/mol. The maximum absolute atomic E-state index is 10.3. The molecule has 0 amide bonds. The van der Waals surface area contributed by atoms with Crippen molar-refractivity contribution in [3.05, 3.63) is 6.42 Å². The molecule has 6 nitrogen and oxygen atoms in total. The predicted molar refractivity (Wildman–Crippen MR) is 55.6 cm³/mol. The Hall–Kier alpha value is -0.180. The van der Waals surface area contributed by atoms with Gasteiger partial charge in [-0.05, 0) is 19.3 Å². The Kier molecular flexibility index (Phi) is 6.34.